The number of nitrogens with one attached hydrogen (secondary N) is 2. The van der Waals surface area contributed by atoms with Crippen molar-refractivity contribution in [2.24, 2.45) is 4.99 Å². The van der Waals surface area contributed by atoms with Gasteiger partial charge in [0.2, 0.25) is 0 Å². The summed E-state index contributed by atoms with van der Waals surface area (Å²) in [5.41, 5.74) is 0.978. The molecule has 0 saturated heterocycles. The second kappa shape index (κ2) is 11.1. The molecule has 0 spiro atoms. The van der Waals surface area contributed by atoms with Gasteiger partial charge in [-0.2, -0.15) is 0 Å². The standard InChI is InChI=1S/C15H21N3O2.HI/c1-5-9-17-15(16-6-2)18-11-12-7-8-13(19-3)10-14(12)20-4;/h1,7-8,10H,6,9,11H2,2-4H3,(H2,16,17,18);1H. The van der Waals surface area contributed by atoms with Gasteiger partial charge in [-0.15, -0.1) is 30.4 Å². The molecule has 0 saturated carbocycles. The minimum Gasteiger partial charge on any atom is -0.497 e. The van der Waals surface area contributed by atoms with Crippen molar-refractivity contribution < 1.29 is 9.47 Å². The Morgan fingerprint density at radius 2 is 2.05 bits per heavy atom. The van der Waals surface area contributed by atoms with Gasteiger partial charge in [-0.1, -0.05) is 5.92 Å². The molecule has 5 nitrogen and oxygen atoms in total. The fourth-order valence-electron chi connectivity index (χ4n) is 1.62. The first-order valence-corrected chi connectivity index (χ1v) is 6.41. The first kappa shape index (κ1) is 19.4. The summed E-state index contributed by atoms with van der Waals surface area (Å²) in [6.07, 6.45) is 5.23. The molecule has 0 fully saturated rings. The van der Waals surface area contributed by atoms with Gasteiger partial charge in [-0.3, -0.25) is 0 Å². The number of terminal acetylenes is 1. The molecular weight excluding hydrogens is 381 g/mol. The van der Waals surface area contributed by atoms with Gasteiger partial charge in [0.1, 0.15) is 11.5 Å². The van der Waals surface area contributed by atoms with E-state index in [1.165, 1.54) is 0 Å². The average Bonchev–Trinajstić information content (AvgIpc) is 2.49. The molecule has 6 heteroatoms. The zero-order valence-corrected chi connectivity index (χ0v) is 14.9. The summed E-state index contributed by atoms with van der Waals surface area (Å²) in [6.45, 7) is 3.70. The van der Waals surface area contributed by atoms with E-state index in [0.29, 0.717) is 19.0 Å². The lowest BCUT2D eigenvalue weighted by Crippen LogP contribution is -2.37. The van der Waals surface area contributed by atoms with Gasteiger partial charge in [-0.25, -0.2) is 4.99 Å². The van der Waals surface area contributed by atoms with Crippen LogP contribution < -0.4 is 20.1 Å². The highest BCUT2D eigenvalue weighted by molar-refractivity contribution is 14.0. The van der Waals surface area contributed by atoms with Gasteiger partial charge in [0.15, 0.2) is 5.96 Å². The van der Waals surface area contributed by atoms with Crippen molar-refractivity contribution in [1.29, 1.82) is 0 Å². The Balaban J connectivity index is 0.00000400. The molecule has 0 unspecified atom stereocenters. The SMILES string of the molecule is C#CCNC(=NCc1ccc(OC)cc1OC)NCC.I. The number of halogens is 1. The van der Waals surface area contributed by atoms with Gasteiger partial charge < -0.3 is 20.1 Å². The third kappa shape index (κ3) is 6.58. The van der Waals surface area contributed by atoms with Crippen molar-refractivity contribution in [2.75, 3.05) is 27.3 Å². The van der Waals surface area contributed by atoms with Crippen LogP contribution in [0.4, 0.5) is 0 Å². The number of hydrogen-bond acceptors (Lipinski definition) is 3. The number of aliphatic imine (C=N–C) groups is 1. The highest BCUT2D eigenvalue weighted by atomic mass is 127. The number of benzene rings is 1. The van der Waals surface area contributed by atoms with Crippen molar-refractivity contribution in [3.63, 3.8) is 0 Å². The molecule has 0 radical (unpaired) electrons. The van der Waals surface area contributed by atoms with Gasteiger partial charge in [0.25, 0.3) is 0 Å². The first-order valence-electron chi connectivity index (χ1n) is 6.41. The molecule has 0 bridgehead atoms. The average molecular weight is 403 g/mol. The number of nitrogens with zero attached hydrogens (tertiary/aromatic N) is 1. The monoisotopic (exact) mass is 403 g/mol. The summed E-state index contributed by atoms with van der Waals surface area (Å²) in [5.74, 6) is 4.71. The normalized spacial score (nSPS) is 10.1. The van der Waals surface area contributed by atoms with Crippen LogP contribution in [-0.4, -0.2) is 33.3 Å². The second-order valence-corrected chi connectivity index (χ2v) is 3.93. The first-order chi connectivity index (χ1) is 9.74. The van der Waals surface area contributed by atoms with Gasteiger partial charge in [0, 0.05) is 18.2 Å². The van der Waals surface area contributed by atoms with E-state index >= 15 is 0 Å². The predicted octanol–water partition coefficient (Wildman–Crippen LogP) is 2.01. The molecule has 0 aliphatic heterocycles. The third-order valence-electron chi connectivity index (χ3n) is 2.60. The molecule has 0 aliphatic rings. The Kier molecular flexibility index (Phi) is 10.2. The second-order valence-electron chi connectivity index (χ2n) is 3.93. The van der Waals surface area contributed by atoms with E-state index in [2.05, 4.69) is 21.5 Å². The maximum Gasteiger partial charge on any atom is 0.192 e. The summed E-state index contributed by atoms with van der Waals surface area (Å²) in [4.78, 5) is 4.46. The minimum atomic E-state index is 0. The molecule has 1 aromatic rings. The Labute approximate surface area is 143 Å². The summed E-state index contributed by atoms with van der Waals surface area (Å²) in [6, 6.07) is 5.66. The van der Waals surface area contributed by atoms with Crippen LogP contribution in [0.15, 0.2) is 23.2 Å². The fraction of sp³-hybridized carbons (Fsp3) is 0.400. The topological polar surface area (TPSA) is 54.9 Å². The number of rotatable bonds is 6. The summed E-state index contributed by atoms with van der Waals surface area (Å²) in [5, 5.41) is 6.16. The molecular formula is C15H22IN3O2. The summed E-state index contributed by atoms with van der Waals surface area (Å²) < 4.78 is 10.5. The summed E-state index contributed by atoms with van der Waals surface area (Å²) >= 11 is 0. The van der Waals surface area contributed by atoms with Gasteiger partial charge in [-0.05, 0) is 19.1 Å². The molecule has 0 amide bonds. The molecule has 2 N–H and O–H groups in total. The van der Waals surface area contributed by atoms with E-state index in [4.69, 9.17) is 15.9 Å². The van der Waals surface area contributed by atoms with Crippen LogP contribution in [0, 0.1) is 12.3 Å². The Morgan fingerprint density at radius 1 is 1.29 bits per heavy atom. The zero-order chi connectivity index (χ0) is 14.8. The minimum absolute atomic E-state index is 0. The fourth-order valence-corrected chi connectivity index (χ4v) is 1.62. The number of guanidine groups is 1. The van der Waals surface area contributed by atoms with Crippen molar-refractivity contribution in [3.05, 3.63) is 23.8 Å². The smallest absolute Gasteiger partial charge is 0.192 e. The van der Waals surface area contributed by atoms with E-state index < -0.39 is 0 Å². The lowest BCUT2D eigenvalue weighted by atomic mass is 10.2. The Hall–Kier alpha value is -1.62. The number of hydrogen-bond donors (Lipinski definition) is 2. The van der Waals surface area contributed by atoms with Gasteiger partial charge in [0.05, 0.1) is 27.3 Å². The Bertz CT molecular complexity index is 498. The molecule has 0 atom stereocenters. The van der Waals surface area contributed by atoms with E-state index in [-0.39, 0.29) is 24.0 Å². The highest BCUT2D eigenvalue weighted by Gasteiger charge is 2.05. The van der Waals surface area contributed by atoms with Crippen LogP contribution in [0.2, 0.25) is 0 Å². The third-order valence-corrected chi connectivity index (χ3v) is 2.60. The lowest BCUT2D eigenvalue weighted by molar-refractivity contribution is 0.391. The van der Waals surface area contributed by atoms with Crippen molar-refractivity contribution >= 4 is 29.9 Å². The maximum atomic E-state index is 5.34. The molecule has 21 heavy (non-hydrogen) atoms. The molecule has 0 heterocycles. The predicted molar refractivity (Wildman–Crippen MR) is 96.6 cm³/mol. The van der Waals surface area contributed by atoms with Crippen LogP contribution in [0.25, 0.3) is 0 Å². The molecule has 0 aliphatic carbocycles. The largest absolute Gasteiger partial charge is 0.497 e. The molecule has 1 aromatic carbocycles. The van der Waals surface area contributed by atoms with Crippen LogP contribution in [-0.2, 0) is 6.54 Å². The van der Waals surface area contributed by atoms with Crippen LogP contribution in [0.5, 0.6) is 11.5 Å². The van der Waals surface area contributed by atoms with Crippen molar-refractivity contribution in [2.45, 2.75) is 13.5 Å². The number of ether oxygens (including phenoxy) is 2. The van der Waals surface area contributed by atoms with Crippen LogP contribution >= 0.6 is 24.0 Å². The zero-order valence-electron chi connectivity index (χ0n) is 12.6. The van der Waals surface area contributed by atoms with E-state index in [1.807, 2.05) is 25.1 Å². The lowest BCUT2D eigenvalue weighted by Gasteiger charge is -2.11. The van der Waals surface area contributed by atoms with Crippen molar-refractivity contribution in [1.82, 2.24) is 10.6 Å². The van der Waals surface area contributed by atoms with Gasteiger partial charge >= 0.3 is 0 Å². The highest BCUT2D eigenvalue weighted by Crippen LogP contribution is 2.24. The number of methoxy groups -OCH3 is 2. The molecule has 116 valence electrons. The van der Waals surface area contributed by atoms with E-state index in [9.17, 15) is 0 Å². The van der Waals surface area contributed by atoms with E-state index in [1.54, 1.807) is 14.2 Å². The van der Waals surface area contributed by atoms with Crippen LogP contribution in [0.3, 0.4) is 0 Å². The molecule has 0 aromatic heterocycles. The molecule has 1 rings (SSSR count). The van der Waals surface area contributed by atoms with E-state index in [0.717, 1.165) is 23.6 Å². The van der Waals surface area contributed by atoms with Crippen LogP contribution in [0.1, 0.15) is 12.5 Å². The Morgan fingerprint density at radius 3 is 2.62 bits per heavy atom. The van der Waals surface area contributed by atoms with Crippen molar-refractivity contribution in [3.8, 4) is 23.8 Å². The quantitative estimate of drug-likeness (QED) is 0.330. The summed E-state index contributed by atoms with van der Waals surface area (Å²) in [7, 11) is 3.25. The maximum absolute atomic E-state index is 5.34.